The number of anilines is 2. The van der Waals surface area contributed by atoms with Crippen LogP contribution >= 0.6 is 12.2 Å². The van der Waals surface area contributed by atoms with Gasteiger partial charge in [-0.3, -0.25) is 4.68 Å². The topological polar surface area (TPSA) is 60.3 Å². The monoisotopic (exact) mass is 386 g/mol. The van der Waals surface area contributed by atoms with E-state index in [1.54, 1.807) is 61.5 Å². The van der Waals surface area contributed by atoms with Crippen LogP contribution in [-0.2, 0) is 6.54 Å². The van der Waals surface area contributed by atoms with E-state index in [-0.39, 0.29) is 5.82 Å². The van der Waals surface area contributed by atoms with Crippen LogP contribution in [0.15, 0.2) is 54.7 Å². The highest BCUT2D eigenvalue weighted by Gasteiger charge is 2.08. The average Bonchev–Trinajstić information content (AvgIpc) is 3.10. The number of rotatable bonds is 6. The fourth-order valence-corrected chi connectivity index (χ4v) is 2.73. The summed E-state index contributed by atoms with van der Waals surface area (Å²) in [5.74, 6) is 1.53. The quantitative estimate of drug-likeness (QED) is 0.627. The molecule has 0 radical (unpaired) electrons. The predicted octanol–water partition coefficient (Wildman–Crippen LogP) is 3.90. The molecule has 0 aliphatic rings. The van der Waals surface area contributed by atoms with Crippen molar-refractivity contribution in [1.29, 1.82) is 0 Å². The molecular weight excluding hydrogens is 367 g/mol. The van der Waals surface area contributed by atoms with E-state index in [1.165, 1.54) is 6.07 Å². The van der Waals surface area contributed by atoms with Crippen molar-refractivity contribution in [2.24, 2.45) is 0 Å². The Hall–Kier alpha value is -3.13. The number of hydrogen-bond donors (Lipinski definition) is 2. The molecule has 0 fully saturated rings. The van der Waals surface area contributed by atoms with Crippen LogP contribution in [0.1, 0.15) is 5.56 Å². The molecule has 140 valence electrons. The molecule has 0 amide bonds. The smallest absolute Gasteiger partial charge is 0.176 e. The predicted molar refractivity (Wildman–Crippen MR) is 107 cm³/mol. The molecule has 2 aromatic carbocycles. The number of ether oxygens (including phenoxy) is 2. The van der Waals surface area contributed by atoms with Gasteiger partial charge in [-0.05, 0) is 30.4 Å². The summed E-state index contributed by atoms with van der Waals surface area (Å²) in [4.78, 5) is 0. The lowest BCUT2D eigenvalue weighted by molar-refractivity contribution is 0.355. The van der Waals surface area contributed by atoms with Crippen LogP contribution < -0.4 is 20.1 Å². The molecule has 1 heterocycles. The molecule has 6 nitrogen and oxygen atoms in total. The largest absolute Gasteiger partial charge is 0.493 e. The first-order valence-electron chi connectivity index (χ1n) is 8.16. The molecule has 0 bridgehead atoms. The number of thiocarbonyl (C=S) groups is 1. The standard InChI is InChI=1S/C19H19FN4O2S/c1-25-16-8-7-14(11-17(16)26-2)21-19(27)22-18-9-10-24(23-18)12-13-5-3-4-6-15(13)20/h3-11H,12H2,1-2H3,(H2,21,22,23,27). The lowest BCUT2D eigenvalue weighted by Gasteiger charge is -2.12. The highest BCUT2D eigenvalue weighted by atomic mass is 32.1. The first-order chi connectivity index (χ1) is 13.1. The van der Waals surface area contributed by atoms with Crippen LogP contribution in [0.2, 0.25) is 0 Å². The number of halogens is 1. The summed E-state index contributed by atoms with van der Waals surface area (Å²) < 4.78 is 25.9. The number of aromatic nitrogens is 2. The van der Waals surface area contributed by atoms with Crippen molar-refractivity contribution in [3.05, 3.63) is 66.1 Å². The van der Waals surface area contributed by atoms with E-state index in [0.717, 1.165) is 5.69 Å². The van der Waals surface area contributed by atoms with Crippen molar-refractivity contribution in [1.82, 2.24) is 9.78 Å². The van der Waals surface area contributed by atoms with E-state index in [1.807, 2.05) is 6.07 Å². The highest BCUT2D eigenvalue weighted by molar-refractivity contribution is 7.80. The van der Waals surface area contributed by atoms with Crippen LogP contribution in [-0.4, -0.2) is 29.1 Å². The van der Waals surface area contributed by atoms with Gasteiger partial charge in [-0.25, -0.2) is 4.39 Å². The molecule has 3 aromatic rings. The number of nitrogens with one attached hydrogen (secondary N) is 2. The normalized spacial score (nSPS) is 10.3. The molecule has 0 atom stereocenters. The van der Waals surface area contributed by atoms with Gasteiger partial charge in [0, 0.05) is 29.6 Å². The van der Waals surface area contributed by atoms with Crippen molar-refractivity contribution < 1.29 is 13.9 Å². The summed E-state index contributed by atoms with van der Waals surface area (Å²) in [5.41, 5.74) is 1.31. The van der Waals surface area contributed by atoms with Gasteiger partial charge in [-0.2, -0.15) is 5.10 Å². The zero-order valence-electron chi connectivity index (χ0n) is 14.9. The van der Waals surface area contributed by atoms with Crippen LogP contribution in [0.4, 0.5) is 15.9 Å². The van der Waals surface area contributed by atoms with Gasteiger partial charge in [-0.15, -0.1) is 0 Å². The van der Waals surface area contributed by atoms with Crippen molar-refractivity contribution in [2.75, 3.05) is 24.9 Å². The van der Waals surface area contributed by atoms with Crippen LogP contribution in [0.25, 0.3) is 0 Å². The Morgan fingerprint density at radius 2 is 1.85 bits per heavy atom. The van der Waals surface area contributed by atoms with E-state index in [4.69, 9.17) is 21.7 Å². The number of benzene rings is 2. The third-order valence-electron chi connectivity index (χ3n) is 3.81. The van der Waals surface area contributed by atoms with E-state index < -0.39 is 0 Å². The second-order valence-corrected chi connectivity index (χ2v) is 6.05. The maximum absolute atomic E-state index is 13.7. The molecule has 2 N–H and O–H groups in total. The van der Waals surface area contributed by atoms with Gasteiger partial charge in [0.25, 0.3) is 0 Å². The minimum absolute atomic E-state index is 0.256. The summed E-state index contributed by atoms with van der Waals surface area (Å²) in [6.07, 6.45) is 1.76. The maximum Gasteiger partial charge on any atom is 0.176 e. The summed E-state index contributed by atoms with van der Waals surface area (Å²) in [6.45, 7) is 0.338. The second kappa shape index (κ2) is 8.50. The highest BCUT2D eigenvalue weighted by Crippen LogP contribution is 2.29. The molecular formula is C19H19FN4O2S. The Morgan fingerprint density at radius 1 is 1.07 bits per heavy atom. The van der Waals surface area contributed by atoms with Crippen molar-refractivity contribution >= 4 is 28.8 Å². The molecule has 0 aliphatic carbocycles. The van der Waals surface area contributed by atoms with E-state index in [9.17, 15) is 4.39 Å². The van der Waals surface area contributed by atoms with E-state index in [2.05, 4.69) is 15.7 Å². The zero-order chi connectivity index (χ0) is 19.2. The summed E-state index contributed by atoms with van der Waals surface area (Å²) in [5, 5.41) is 10.8. The molecule has 0 aliphatic heterocycles. The molecule has 1 aromatic heterocycles. The van der Waals surface area contributed by atoms with Gasteiger partial charge >= 0.3 is 0 Å². The van der Waals surface area contributed by atoms with Gasteiger partial charge in [0.1, 0.15) is 5.82 Å². The zero-order valence-corrected chi connectivity index (χ0v) is 15.7. The van der Waals surface area contributed by atoms with E-state index >= 15 is 0 Å². The maximum atomic E-state index is 13.7. The first-order valence-corrected chi connectivity index (χ1v) is 8.57. The minimum Gasteiger partial charge on any atom is -0.493 e. The van der Waals surface area contributed by atoms with Gasteiger partial charge in [0.2, 0.25) is 0 Å². The molecule has 8 heteroatoms. The molecule has 0 spiro atoms. The molecule has 0 unspecified atom stereocenters. The fraction of sp³-hybridized carbons (Fsp3) is 0.158. The summed E-state index contributed by atoms with van der Waals surface area (Å²) in [6, 6.07) is 13.8. The number of hydrogen-bond acceptors (Lipinski definition) is 4. The van der Waals surface area contributed by atoms with Gasteiger partial charge in [0.05, 0.1) is 20.8 Å². The lowest BCUT2D eigenvalue weighted by Crippen LogP contribution is -2.19. The molecule has 3 rings (SSSR count). The first kappa shape index (κ1) is 18.7. The van der Waals surface area contributed by atoms with E-state index in [0.29, 0.717) is 34.5 Å². The Morgan fingerprint density at radius 3 is 2.59 bits per heavy atom. The van der Waals surface area contributed by atoms with Crippen molar-refractivity contribution in [3.8, 4) is 11.5 Å². The Kier molecular flexibility index (Phi) is 5.87. The molecule has 27 heavy (non-hydrogen) atoms. The second-order valence-electron chi connectivity index (χ2n) is 5.64. The number of methoxy groups -OCH3 is 2. The SMILES string of the molecule is COc1ccc(NC(=S)Nc2ccn(Cc3ccccc3F)n2)cc1OC. The third-order valence-corrected chi connectivity index (χ3v) is 4.02. The Bertz CT molecular complexity index is 945. The van der Waals surface area contributed by atoms with Crippen LogP contribution in [0.3, 0.4) is 0 Å². The fourth-order valence-electron chi connectivity index (χ4n) is 2.51. The molecule has 0 saturated heterocycles. The Balaban J connectivity index is 1.62. The van der Waals surface area contributed by atoms with Crippen LogP contribution in [0, 0.1) is 5.82 Å². The average molecular weight is 386 g/mol. The van der Waals surface area contributed by atoms with Crippen LogP contribution in [0.5, 0.6) is 11.5 Å². The van der Waals surface area contributed by atoms with Crippen molar-refractivity contribution in [2.45, 2.75) is 6.54 Å². The Labute approximate surface area is 161 Å². The van der Waals surface area contributed by atoms with Gasteiger partial charge in [-0.1, -0.05) is 18.2 Å². The van der Waals surface area contributed by atoms with Crippen molar-refractivity contribution in [3.63, 3.8) is 0 Å². The van der Waals surface area contributed by atoms with Gasteiger partial charge < -0.3 is 20.1 Å². The summed E-state index contributed by atoms with van der Waals surface area (Å²) in [7, 11) is 3.15. The third kappa shape index (κ3) is 4.73. The lowest BCUT2D eigenvalue weighted by atomic mass is 10.2. The number of nitrogens with zero attached hydrogens (tertiary/aromatic N) is 2. The summed E-state index contributed by atoms with van der Waals surface area (Å²) >= 11 is 5.31. The minimum atomic E-state index is -0.256. The van der Waals surface area contributed by atoms with Gasteiger partial charge in [0.15, 0.2) is 22.4 Å². The molecule has 0 saturated carbocycles.